The summed E-state index contributed by atoms with van der Waals surface area (Å²) in [5.41, 5.74) is 0.630. The molecule has 1 heterocycles. The summed E-state index contributed by atoms with van der Waals surface area (Å²) in [4.78, 5) is 23.3. The Morgan fingerprint density at radius 1 is 1.41 bits per heavy atom. The van der Waals surface area contributed by atoms with Crippen molar-refractivity contribution < 1.29 is 14.5 Å². The molecule has 0 saturated carbocycles. The molecule has 0 atom stereocenters. The van der Waals surface area contributed by atoms with Gasteiger partial charge in [0, 0.05) is 17.5 Å². The fourth-order valence-electron chi connectivity index (χ4n) is 1.87. The van der Waals surface area contributed by atoms with E-state index < -0.39 is 4.92 Å². The fourth-order valence-corrected chi connectivity index (χ4v) is 2.58. The van der Waals surface area contributed by atoms with Crippen LogP contribution < -0.4 is 10.1 Å². The number of carbonyl (C=O) groups excluding carboxylic acids is 1. The smallest absolute Gasteiger partial charge is 0.311 e. The van der Waals surface area contributed by atoms with E-state index in [1.54, 1.807) is 24.3 Å². The van der Waals surface area contributed by atoms with Crippen LogP contribution in [0.2, 0.25) is 0 Å². The molecule has 2 rings (SSSR count). The number of nitro benzene ring substituents is 1. The van der Waals surface area contributed by atoms with Crippen molar-refractivity contribution in [2.75, 3.05) is 13.2 Å². The number of carbonyl (C=O) groups is 1. The first-order valence-electron chi connectivity index (χ1n) is 6.73. The zero-order chi connectivity index (χ0) is 15.9. The number of thiophene rings is 1. The number of amides is 1. The van der Waals surface area contributed by atoms with Crippen LogP contribution in [0.3, 0.4) is 0 Å². The molecular formula is C15H16N2O4S. The summed E-state index contributed by atoms with van der Waals surface area (Å²) in [6.45, 7) is 2.03. The standard InChI is InChI=1S/C15H16N2O4S/c1-11-4-5-14(13(9-11)17(19)20)21-10-15(18)16-7-6-12-3-2-8-22-12/h2-5,8-9H,6-7,10H2,1H3,(H,16,18). The van der Waals surface area contributed by atoms with Crippen LogP contribution in [0.5, 0.6) is 5.75 Å². The first-order chi connectivity index (χ1) is 10.6. The Bertz CT molecular complexity index is 656. The third kappa shape index (κ3) is 4.56. The third-order valence-electron chi connectivity index (χ3n) is 2.94. The normalized spacial score (nSPS) is 10.2. The number of hydrogen-bond donors (Lipinski definition) is 1. The van der Waals surface area contributed by atoms with Crippen molar-refractivity contribution in [3.05, 3.63) is 56.3 Å². The SMILES string of the molecule is Cc1ccc(OCC(=O)NCCc2cccs2)c([N+](=O)[O-])c1. The molecule has 22 heavy (non-hydrogen) atoms. The van der Waals surface area contributed by atoms with E-state index in [9.17, 15) is 14.9 Å². The minimum atomic E-state index is -0.517. The maximum Gasteiger partial charge on any atom is 0.311 e. The summed E-state index contributed by atoms with van der Waals surface area (Å²) >= 11 is 1.63. The molecule has 0 spiro atoms. The quantitative estimate of drug-likeness (QED) is 0.628. The highest BCUT2D eigenvalue weighted by molar-refractivity contribution is 7.09. The molecule has 7 heteroatoms. The van der Waals surface area contributed by atoms with E-state index in [2.05, 4.69) is 5.32 Å². The van der Waals surface area contributed by atoms with E-state index in [4.69, 9.17) is 4.74 Å². The van der Waals surface area contributed by atoms with Gasteiger partial charge < -0.3 is 10.1 Å². The van der Waals surface area contributed by atoms with Crippen LogP contribution in [0.4, 0.5) is 5.69 Å². The molecule has 1 N–H and O–H groups in total. The maximum atomic E-state index is 11.7. The van der Waals surface area contributed by atoms with Crippen molar-refractivity contribution in [3.63, 3.8) is 0 Å². The molecule has 1 aromatic heterocycles. The summed E-state index contributed by atoms with van der Waals surface area (Å²) in [6, 6.07) is 8.60. The van der Waals surface area contributed by atoms with Crippen LogP contribution in [0.15, 0.2) is 35.7 Å². The number of rotatable bonds is 7. The number of hydrogen-bond acceptors (Lipinski definition) is 5. The average Bonchev–Trinajstić information content (AvgIpc) is 2.99. The summed E-state index contributed by atoms with van der Waals surface area (Å²) in [7, 11) is 0. The van der Waals surface area contributed by atoms with Gasteiger partial charge in [-0.15, -0.1) is 11.3 Å². The molecule has 2 aromatic rings. The molecule has 6 nitrogen and oxygen atoms in total. The molecule has 0 aliphatic heterocycles. The van der Waals surface area contributed by atoms with Crippen molar-refractivity contribution in [1.82, 2.24) is 5.32 Å². The number of aryl methyl sites for hydroxylation is 1. The molecule has 0 aliphatic carbocycles. The second-order valence-electron chi connectivity index (χ2n) is 4.70. The summed E-state index contributed by atoms with van der Waals surface area (Å²) in [5, 5.41) is 15.7. The highest BCUT2D eigenvalue weighted by atomic mass is 32.1. The second kappa shape index (κ2) is 7.56. The van der Waals surface area contributed by atoms with Crippen LogP contribution >= 0.6 is 11.3 Å². The van der Waals surface area contributed by atoms with Crippen molar-refractivity contribution in [2.45, 2.75) is 13.3 Å². The molecule has 1 amide bonds. The van der Waals surface area contributed by atoms with Gasteiger partial charge in [0.25, 0.3) is 5.91 Å². The van der Waals surface area contributed by atoms with Crippen LogP contribution in [0.25, 0.3) is 0 Å². The Kier molecular flexibility index (Phi) is 5.48. The van der Waals surface area contributed by atoms with Gasteiger partial charge in [0.2, 0.25) is 0 Å². The Hall–Kier alpha value is -2.41. The van der Waals surface area contributed by atoms with E-state index in [0.717, 1.165) is 12.0 Å². The van der Waals surface area contributed by atoms with E-state index in [1.165, 1.54) is 17.0 Å². The van der Waals surface area contributed by atoms with Gasteiger partial charge in [0.15, 0.2) is 12.4 Å². The van der Waals surface area contributed by atoms with E-state index in [-0.39, 0.29) is 24.0 Å². The number of nitrogens with zero attached hydrogens (tertiary/aromatic N) is 1. The van der Waals surface area contributed by atoms with Gasteiger partial charge in [0.1, 0.15) is 0 Å². The summed E-state index contributed by atoms with van der Waals surface area (Å²) in [5.74, 6) is -0.199. The third-order valence-corrected chi connectivity index (χ3v) is 3.88. The Morgan fingerprint density at radius 3 is 2.91 bits per heavy atom. The average molecular weight is 320 g/mol. The molecule has 116 valence electrons. The highest BCUT2D eigenvalue weighted by Gasteiger charge is 2.16. The first-order valence-corrected chi connectivity index (χ1v) is 7.61. The maximum absolute atomic E-state index is 11.7. The molecule has 0 fully saturated rings. The predicted octanol–water partition coefficient (Wildman–Crippen LogP) is 2.70. The zero-order valence-electron chi connectivity index (χ0n) is 12.1. The predicted molar refractivity (Wildman–Crippen MR) is 84.4 cm³/mol. The molecule has 0 unspecified atom stereocenters. The summed E-state index contributed by atoms with van der Waals surface area (Å²) in [6.07, 6.45) is 0.758. The Labute approximate surface area is 131 Å². The molecule has 1 aromatic carbocycles. The van der Waals surface area contributed by atoms with Crippen LogP contribution in [-0.4, -0.2) is 24.0 Å². The van der Waals surface area contributed by atoms with Gasteiger partial charge in [-0.25, -0.2) is 0 Å². The molecule has 0 bridgehead atoms. The molecule has 0 radical (unpaired) electrons. The molecule has 0 saturated heterocycles. The molecular weight excluding hydrogens is 304 g/mol. The lowest BCUT2D eigenvalue weighted by Gasteiger charge is -2.08. The zero-order valence-corrected chi connectivity index (χ0v) is 12.9. The van der Waals surface area contributed by atoms with Crippen molar-refractivity contribution in [1.29, 1.82) is 0 Å². The number of nitro groups is 1. The van der Waals surface area contributed by atoms with Crippen LogP contribution in [0.1, 0.15) is 10.4 Å². The summed E-state index contributed by atoms with van der Waals surface area (Å²) < 4.78 is 5.25. The van der Waals surface area contributed by atoms with Crippen LogP contribution in [-0.2, 0) is 11.2 Å². The first kappa shape index (κ1) is 16.0. The minimum Gasteiger partial charge on any atom is -0.477 e. The molecule has 0 aliphatic rings. The highest BCUT2D eigenvalue weighted by Crippen LogP contribution is 2.27. The number of nitrogens with one attached hydrogen (secondary N) is 1. The monoisotopic (exact) mass is 320 g/mol. The number of benzene rings is 1. The van der Waals surface area contributed by atoms with E-state index in [1.807, 2.05) is 17.5 Å². The van der Waals surface area contributed by atoms with Gasteiger partial charge in [-0.1, -0.05) is 12.1 Å². The van der Waals surface area contributed by atoms with Gasteiger partial charge in [0.05, 0.1) is 4.92 Å². The number of ether oxygens (including phenoxy) is 1. The fraction of sp³-hybridized carbons (Fsp3) is 0.267. The lowest BCUT2D eigenvalue weighted by Crippen LogP contribution is -2.30. The van der Waals surface area contributed by atoms with E-state index >= 15 is 0 Å². The minimum absolute atomic E-state index is 0.101. The largest absolute Gasteiger partial charge is 0.477 e. The van der Waals surface area contributed by atoms with Gasteiger partial charge >= 0.3 is 5.69 Å². The Balaban J connectivity index is 1.82. The second-order valence-corrected chi connectivity index (χ2v) is 5.73. The van der Waals surface area contributed by atoms with Gasteiger partial charge in [-0.05, 0) is 36.4 Å². The van der Waals surface area contributed by atoms with Crippen LogP contribution in [0, 0.1) is 17.0 Å². The van der Waals surface area contributed by atoms with Crippen molar-refractivity contribution >= 4 is 22.9 Å². The van der Waals surface area contributed by atoms with Crippen molar-refractivity contribution in [2.24, 2.45) is 0 Å². The topological polar surface area (TPSA) is 81.5 Å². The van der Waals surface area contributed by atoms with E-state index in [0.29, 0.717) is 6.54 Å². The lowest BCUT2D eigenvalue weighted by molar-refractivity contribution is -0.385. The lowest BCUT2D eigenvalue weighted by atomic mass is 10.2. The Morgan fingerprint density at radius 2 is 2.23 bits per heavy atom. The van der Waals surface area contributed by atoms with Crippen molar-refractivity contribution in [3.8, 4) is 5.75 Å². The van der Waals surface area contributed by atoms with Gasteiger partial charge in [-0.2, -0.15) is 0 Å². The van der Waals surface area contributed by atoms with Gasteiger partial charge in [-0.3, -0.25) is 14.9 Å².